The molecular formula is C21H21F2N7O2. The largest absolute Gasteiger partial charge is 0.490 e. The van der Waals surface area contributed by atoms with Gasteiger partial charge >= 0.3 is 0 Å². The Kier molecular flexibility index (Phi) is 6.51. The second-order valence-electron chi connectivity index (χ2n) is 7.45. The molecule has 166 valence electrons. The van der Waals surface area contributed by atoms with Crippen molar-refractivity contribution < 1.29 is 13.5 Å². The lowest BCUT2D eigenvalue weighted by molar-refractivity contribution is 0.127. The molecule has 0 bridgehead atoms. The summed E-state index contributed by atoms with van der Waals surface area (Å²) in [6.07, 6.45) is 2.12. The predicted octanol–water partition coefficient (Wildman–Crippen LogP) is 2.45. The van der Waals surface area contributed by atoms with Gasteiger partial charge in [-0.3, -0.25) is 9.36 Å². The van der Waals surface area contributed by atoms with Gasteiger partial charge in [0, 0.05) is 12.1 Å². The molecule has 1 saturated heterocycles. The van der Waals surface area contributed by atoms with E-state index in [1.807, 2.05) is 6.07 Å². The molecule has 3 aromatic rings. The molecule has 4 rings (SSSR count). The van der Waals surface area contributed by atoms with Crippen LogP contribution in [0.3, 0.4) is 0 Å². The number of aromatic nitrogens is 4. The van der Waals surface area contributed by atoms with E-state index in [2.05, 4.69) is 25.6 Å². The maximum Gasteiger partial charge on any atom is 0.256 e. The van der Waals surface area contributed by atoms with Crippen LogP contribution in [-0.4, -0.2) is 45.6 Å². The molecule has 0 radical (unpaired) electrons. The standard InChI is InChI=1S/C21H21F2N7O2/c22-19(23)11-30-17-10-27-21(29-15(17)1-2-20(30)31)28-14-7-18(16(8-24)26-9-14)32-12-13-3-5-25-6-4-13/h1-2,7,9-10,13,19,25H,3-6,11-12H2,(H,27,28,29). The van der Waals surface area contributed by atoms with Crippen molar-refractivity contribution in [3.8, 4) is 11.8 Å². The van der Waals surface area contributed by atoms with Crippen LogP contribution in [0.4, 0.5) is 20.4 Å². The van der Waals surface area contributed by atoms with Crippen LogP contribution in [0, 0.1) is 17.2 Å². The van der Waals surface area contributed by atoms with Gasteiger partial charge in [-0.1, -0.05) is 0 Å². The molecule has 0 saturated carbocycles. The fourth-order valence-electron chi connectivity index (χ4n) is 3.56. The van der Waals surface area contributed by atoms with Gasteiger partial charge in [-0.2, -0.15) is 5.26 Å². The highest BCUT2D eigenvalue weighted by Crippen LogP contribution is 2.24. The fourth-order valence-corrected chi connectivity index (χ4v) is 3.56. The van der Waals surface area contributed by atoms with Gasteiger partial charge in [0.2, 0.25) is 5.95 Å². The zero-order valence-electron chi connectivity index (χ0n) is 17.1. The highest BCUT2D eigenvalue weighted by molar-refractivity contribution is 5.75. The highest BCUT2D eigenvalue weighted by Gasteiger charge is 2.16. The first kappa shape index (κ1) is 21.6. The first-order valence-corrected chi connectivity index (χ1v) is 10.2. The van der Waals surface area contributed by atoms with Gasteiger partial charge in [-0.15, -0.1) is 0 Å². The summed E-state index contributed by atoms with van der Waals surface area (Å²) in [5.74, 6) is 0.965. The highest BCUT2D eigenvalue weighted by atomic mass is 19.3. The van der Waals surface area contributed by atoms with E-state index in [0.29, 0.717) is 29.5 Å². The smallest absolute Gasteiger partial charge is 0.256 e. The number of anilines is 2. The van der Waals surface area contributed by atoms with Gasteiger partial charge in [0.25, 0.3) is 12.0 Å². The summed E-state index contributed by atoms with van der Waals surface area (Å²) in [5, 5.41) is 15.6. The molecule has 0 unspecified atom stereocenters. The van der Waals surface area contributed by atoms with E-state index in [0.717, 1.165) is 30.5 Å². The van der Waals surface area contributed by atoms with Gasteiger partial charge in [0.1, 0.15) is 6.07 Å². The maximum absolute atomic E-state index is 12.8. The molecule has 9 nitrogen and oxygen atoms in total. The van der Waals surface area contributed by atoms with Crippen molar-refractivity contribution >= 4 is 22.7 Å². The number of hydrogen-bond donors (Lipinski definition) is 2. The number of fused-ring (bicyclic) bond motifs is 1. The van der Waals surface area contributed by atoms with Gasteiger partial charge < -0.3 is 15.4 Å². The number of hydrogen-bond acceptors (Lipinski definition) is 8. The number of halogens is 2. The minimum absolute atomic E-state index is 0.180. The summed E-state index contributed by atoms with van der Waals surface area (Å²) in [4.78, 5) is 24.5. The topological polar surface area (TPSA) is 118 Å². The molecule has 0 atom stereocenters. The van der Waals surface area contributed by atoms with Gasteiger partial charge in [-0.25, -0.2) is 23.7 Å². The molecule has 0 amide bonds. The van der Waals surface area contributed by atoms with Crippen molar-refractivity contribution in [2.24, 2.45) is 5.92 Å². The number of pyridine rings is 2. The molecule has 4 heterocycles. The fraction of sp³-hybridized carbons (Fsp3) is 0.381. The van der Waals surface area contributed by atoms with E-state index in [-0.39, 0.29) is 17.2 Å². The molecule has 1 aliphatic rings. The molecule has 32 heavy (non-hydrogen) atoms. The van der Waals surface area contributed by atoms with Crippen LogP contribution < -0.4 is 20.9 Å². The lowest BCUT2D eigenvalue weighted by Gasteiger charge is -2.22. The Bertz CT molecular complexity index is 1200. The second kappa shape index (κ2) is 9.65. The van der Waals surface area contributed by atoms with Gasteiger partial charge in [0.05, 0.1) is 42.3 Å². The molecule has 0 aliphatic carbocycles. The van der Waals surface area contributed by atoms with E-state index < -0.39 is 18.5 Å². The molecule has 0 spiro atoms. The van der Waals surface area contributed by atoms with Crippen LogP contribution in [0.25, 0.3) is 11.0 Å². The van der Waals surface area contributed by atoms with Crippen LogP contribution in [0.15, 0.2) is 35.4 Å². The molecular weight excluding hydrogens is 420 g/mol. The normalized spacial score (nSPS) is 14.4. The van der Waals surface area contributed by atoms with E-state index in [4.69, 9.17) is 4.74 Å². The van der Waals surface area contributed by atoms with E-state index >= 15 is 0 Å². The van der Waals surface area contributed by atoms with Crippen molar-refractivity contribution in [1.82, 2.24) is 24.8 Å². The minimum Gasteiger partial charge on any atom is -0.490 e. The summed E-state index contributed by atoms with van der Waals surface area (Å²) in [6.45, 7) is 1.66. The van der Waals surface area contributed by atoms with Gasteiger partial charge in [0.15, 0.2) is 11.4 Å². The van der Waals surface area contributed by atoms with E-state index in [1.165, 1.54) is 24.5 Å². The zero-order chi connectivity index (χ0) is 22.5. The summed E-state index contributed by atoms with van der Waals surface area (Å²) in [5.41, 5.74) is 0.692. The number of nitrogens with one attached hydrogen (secondary N) is 2. The molecule has 2 N–H and O–H groups in total. The van der Waals surface area contributed by atoms with Crippen LogP contribution in [-0.2, 0) is 6.54 Å². The Morgan fingerprint density at radius 2 is 2.09 bits per heavy atom. The molecule has 11 heteroatoms. The van der Waals surface area contributed by atoms with Crippen molar-refractivity contribution in [2.75, 3.05) is 25.0 Å². The molecule has 1 aliphatic heterocycles. The molecule has 1 fully saturated rings. The lowest BCUT2D eigenvalue weighted by Crippen LogP contribution is -2.30. The van der Waals surface area contributed by atoms with E-state index in [9.17, 15) is 18.8 Å². The van der Waals surface area contributed by atoms with Crippen molar-refractivity contribution in [1.29, 1.82) is 5.26 Å². The summed E-state index contributed by atoms with van der Waals surface area (Å²) in [7, 11) is 0. The third kappa shape index (κ3) is 4.97. The third-order valence-corrected chi connectivity index (χ3v) is 5.21. The number of piperidine rings is 1. The zero-order valence-corrected chi connectivity index (χ0v) is 17.1. The van der Waals surface area contributed by atoms with E-state index in [1.54, 1.807) is 6.07 Å². The quantitative estimate of drug-likeness (QED) is 0.574. The second-order valence-corrected chi connectivity index (χ2v) is 7.45. The number of ether oxygens (including phenoxy) is 1. The third-order valence-electron chi connectivity index (χ3n) is 5.21. The van der Waals surface area contributed by atoms with Gasteiger partial charge in [-0.05, 0) is 37.9 Å². The molecule has 0 aromatic carbocycles. The summed E-state index contributed by atoms with van der Waals surface area (Å²) in [6, 6.07) is 6.32. The van der Waals surface area contributed by atoms with Crippen LogP contribution in [0.5, 0.6) is 5.75 Å². The van der Waals surface area contributed by atoms with Crippen LogP contribution >= 0.6 is 0 Å². The van der Waals surface area contributed by atoms with Crippen molar-refractivity contribution in [3.05, 3.63) is 46.6 Å². The number of rotatable bonds is 7. The monoisotopic (exact) mass is 441 g/mol. The Morgan fingerprint density at radius 3 is 2.84 bits per heavy atom. The maximum atomic E-state index is 12.8. The Labute approximate surface area is 182 Å². The lowest BCUT2D eigenvalue weighted by atomic mass is 9.99. The first-order valence-electron chi connectivity index (χ1n) is 10.2. The summed E-state index contributed by atoms with van der Waals surface area (Å²) >= 11 is 0. The average Bonchev–Trinajstić information content (AvgIpc) is 2.80. The van der Waals surface area contributed by atoms with Crippen molar-refractivity contribution in [2.45, 2.75) is 25.8 Å². The Hall–Kier alpha value is -3.65. The number of nitrogens with zero attached hydrogens (tertiary/aromatic N) is 5. The minimum atomic E-state index is -2.68. The predicted molar refractivity (Wildman–Crippen MR) is 113 cm³/mol. The van der Waals surface area contributed by atoms with Crippen LogP contribution in [0.2, 0.25) is 0 Å². The summed E-state index contributed by atoms with van der Waals surface area (Å²) < 4.78 is 32.5. The SMILES string of the molecule is N#Cc1ncc(Nc2ncc3c(ccc(=O)n3CC(F)F)n2)cc1OCC1CCNCC1. The Balaban J connectivity index is 1.54. The van der Waals surface area contributed by atoms with Crippen LogP contribution in [0.1, 0.15) is 18.5 Å². The Morgan fingerprint density at radius 1 is 1.28 bits per heavy atom. The number of alkyl halides is 2. The number of nitriles is 1. The van der Waals surface area contributed by atoms with Crippen molar-refractivity contribution in [3.63, 3.8) is 0 Å². The average molecular weight is 441 g/mol. The first-order chi connectivity index (χ1) is 15.5. The molecule has 3 aromatic heterocycles.